The summed E-state index contributed by atoms with van der Waals surface area (Å²) in [5.41, 5.74) is 1.69. The Morgan fingerprint density at radius 2 is 2.00 bits per heavy atom. The number of methoxy groups -OCH3 is 1. The molecule has 0 aromatic carbocycles. The molecule has 4 heteroatoms. The summed E-state index contributed by atoms with van der Waals surface area (Å²) in [6.07, 6.45) is 3.55. The maximum atomic E-state index is 5.54. The summed E-state index contributed by atoms with van der Waals surface area (Å²) in [6.45, 7) is 3.92. The monoisotopic (exact) mass is 244 g/mol. The largest absolute Gasteiger partial charge is 0.496 e. The molecule has 0 saturated carbocycles. The normalized spacial score (nSPS) is 10.4. The third-order valence-electron chi connectivity index (χ3n) is 2.36. The maximum Gasteiger partial charge on any atom is 0.217 e. The molecule has 0 saturated heterocycles. The predicted octanol–water partition coefficient (Wildman–Crippen LogP) is 2.94. The van der Waals surface area contributed by atoms with Gasteiger partial charge in [-0.2, -0.15) is 0 Å². The van der Waals surface area contributed by atoms with E-state index in [2.05, 4.69) is 9.97 Å². The van der Waals surface area contributed by atoms with Crippen molar-refractivity contribution in [3.8, 4) is 22.9 Å². The highest BCUT2D eigenvalue weighted by Crippen LogP contribution is 2.30. The molecule has 0 aliphatic heterocycles. The first kappa shape index (κ1) is 12.4. The molecular formula is C14H16N2O2. The average Bonchev–Trinajstić information content (AvgIpc) is 2.39. The molecule has 0 aliphatic carbocycles. The fourth-order valence-electron chi connectivity index (χ4n) is 1.61. The minimum atomic E-state index is 0.0860. The van der Waals surface area contributed by atoms with Crippen LogP contribution < -0.4 is 9.47 Å². The summed E-state index contributed by atoms with van der Waals surface area (Å²) >= 11 is 0. The summed E-state index contributed by atoms with van der Waals surface area (Å²) in [5.74, 6) is 1.26. The van der Waals surface area contributed by atoms with Gasteiger partial charge in [0.15, 0.2) is 0 Å². The summed E-state index contributed by atoms with van der Waals surface area (Å²) in [5, 5.41) is 0. The van der Waals surface area contributed by atoms with Crippen molar-refractivity contribution in [2.75, 3.05) is 7.11 Å². The van der Waals surface area contributed by atoms with E-state index in [0.717, 1.165) is 11.3 Å². The Kier molecular flexibility index (Phi) is 3.77. The van der Waals surface area contributed by atoms with Gasteiger partial charge in [0.25, 0.3) is 0 Å². The summed E-state index contributed by atoms with van der Waals surface area (Å²) in [6, 6.07) is 7.51. The molecule has 0 amide bonds. The number of ether oxygens (including phenoxy) is 2. The van der Waals surface area contributed by atoms with Gasteiger partial charge in [0, 0.05) is 18.5 Å². The molecule has 94 valence electrons. The van der Waals surface area contributed by atoms with Crippen molar-refractivity contribution in [2.45, 2.75) is 20.0 Å². The van der Waals surface area contributed by atoms with E-state index in [1.807, 2.05) is 32.0 Å². The van der Waals surface area contributed by atoms with Gasteiger partial charge in [-0.05, 0) is 26.0 Å². The lowest BCUT2D eigenvalue weighted by atomic mass is 10.2. The molecule has 0 unspecified atom stereocenters. The van der Waals surface area contributed by atoms with E-state index in [0.29, 0.717) is 11.6 Å². The number of rotatable bonds is 4. The van der Waals surface area contributed by atoms with Gasteiger partial charge >= 0.3 is 0 Å². The van der Waals surface area contributed by atoms with Crippen LogP contribution in [0.5, 0.6) is 11.6 Å². The summed E-state index contributed by atoms with van der Waals surface area (Å²) < 4.78 is 10.9. The van der Waals surface area contributed by atoms with E-state index in [-0.39, 0.29) is 6.10 Å². The van der Waals surface area contributed by atoms with Crippen LogP contribution in [-0.4, -0.2) is 23.2 Å². The van der Waals surface area contributed by atoms with Crippen molar-refractivity contribution < 1.29 is 9.47 Å². The van der Waals surface area contributed by atoms with Gasteiger partial charge in [0.2, 0.25) is 5.88 Å². The summed E-state index contributed by atoms with van der Waals surface area (Å²) in [7, 11) is 1.63. The minimum Gasteiger partial charge on any atom is -0.496 e. The molecule has 4 nitrogen and oxygen atoms in total. The van der Waals surface area contributed by atoms with Crippen LogP contribution in [0, 0.1) is 0 Å². The number of pyridine rings is 2. The van der Waals surface area contributed by atoms with Crippen LogP contribution in [0.2, 0.25) is 0 Å². The van der Waals surface area contributed by atoms with Gasteiger partial charge in [-0.1, -0.05) is 6.07 Å². The Morgan fingerprint density at radius 1 is 1.17 bits per heavy atom. The van der Waals surface area contributed by atoms with Crippen LogP contribution in [0.4, 0.5) is 0 Å². The Labute approximate surface area is 107 Å². The van der Waals surface area contributed by atoms with Crippen molar-refractivity contribution in [1.29, 1.82) is 0 Å². The number of hydrogen-bond donors (Lipinski definition) is 0. The molecule has 18 heavy (non-hydrogen) atoms. The van der Waals surface area contributed by atoms with Crippen molar-refractivity contribution in [3.05, 3.63) is 36.7 Å². The first-order chi connectivity index (χ1) is 8.70. The lowest BCUT2D eigenvalue weighted by Gasteiger charge is -2.12. The molecule has 0 bridgehead atoms. The van der Waals surface area contributed by atoms with Gasteiger partial charge in [0.05, 0.1) is 24.5 Å². The van der Waals surface area contributed by atoms with Gasteiger partial charge in [-0.15, -0.1) is 0 Å². The topological polar surface area (TPSA) is 44.2 Å². The molecule has 2 heterocycles. The number of aromatic nitrogens is 2. The standard InChI is InChI=1S/C14H16N2O2/c1-10(2)18-14-8-13(17-3)11(9-16-14)12-6-4-5-7-15-12/h4-10H,1-3H3. The van der Waals surface area contributed by atoms with Gasteiger partial charge < -0.3 is 9.47 Å². The Morgan fingerprint density at radius 3 is 2.61 bits per heavy atom. The smallest absolute Gasteiger partial charge is 0.217 e. The zero-order valence-corrected chi connectivity index (χ0v) is 10.8. The fourth-order valence-corrected chi connectivity index (χ4v) is 1.61. The van der Waals surface area contributed by atoms with Crippen LogP contribution in [0.1, 0.15) is 13.8 Å². The average molecular weight is 244 g/mol. The quantitative estimate of drug-likeness (QED) is 0.829. The molecule has 0 fully saturated rings. The van der Waals surface area contributed by atoms with Crippen LogP contribution in [0.3, 0.4) is 0 Å². The number of nitrogens with zero attached hydrogens (tertiary/aromatic N) is 2. The van der Waals surface area contributed by atoms with Crippen LogP contribution >= 0.6 is 0 Å². The van der Waals surface area contributed by atoms with Gasteiger partial charge in [0.1, 0.15) is 5.75 Å². The van der Waals surface area contributed by atoms with E-state index >= 15 is 0 Å². The van der Waals surface area contributed by atoms with E-state index in [4.69, 9.17) is 9.47 Å². The van der Waals surface area contributed by atoms with Crippen molar-refractivity contribution >= 4 is 0 Å². The second-order valence-electron chi connectivity index (χ2n) is 4.10. The van der Waals surface area contributed by atoms with Gasteiger partial charge in [-0.3, -0.25) is 4.98 Å². The third-order valence-corrected chi connectivity index (χ3v) is 2.36. The molecule has 0 atom stereocenters. The highest BCUT2D eigenvalue weighted by molar-refractivity contribution is 5.66. The highest BCUT2D eigenvalue weighted by Gasteiger charge is 2.10. The van der Waals surface area contributed by atoms with Crippen LogP contribution in [0.15, 0.2) is 36.7 Å². The van der Waals surface area contributed by atoms with Crippen LogP contribution in [0.25, 0.3) is 11.3 Å². The Balaban J connectivity index is 2.38. The second-order valence-corrected chi connectivity index (χ2v) is 4.10. The first-order valence-electron chi connectivity index (χ1n) is 5.83. The van der Waals surface area contributed by atoms with Crippen molar-refractivity contribution in [1.82, 2.24) is 9.97 Å². The zero-order chi connectivity index (χ0) is 13.0. The number of hydrogen-bond acceptors (Lipinski definition) is 4. The molecule has 0 aliphatic rings. The Bertz CT molecular complexity index is 512. The molecule has 2 rings (SSSR count). The van der Waals surface area contributed by atoms with E-state index in [9.17, 15) is 0 Å². The maximum absolute atomic E-state index is 5.54. The van der Waals surface area contributed by atoms with Crippen molar-refractivity contribution in [3.63, 3.8) is 0 Å². The molecule has 0 radical (unpaired) electrons. The van der Waals surface area contributed by atoms with E-state index < -0.39 is 0 Å². The molecule has 2 aromatic rings. The fraction of sp³-hybridized carbons (Fsp3) is 0.286. The first-order valence-corrected chi connectivity index (χ1v) is 5.83. The summed E-state index contributed by atoms with van der Waals surface area (Å²) in [4.78, 5) is 8.55. The van der Waals surface area contributed by atoms with Crippen molar-refractivity contribution in [2.24, 2.45) is 0 Å². The molecular weight excluding hydrogens is 228 g/mol. The minimum absolute atomic E-state index is 0.0860. The predicted molar refractivity (Wildman–Crippen MR) is 69.8 cm³/mol. The van der Waals surface area contributed by atoms with Crippen LogP contribution in [-0.2, 0) is 0 Å². The van der Waals surface area contributed by atoms with Gasteiger partial charge in [-0.25, -0.2) is 4.98 Å². The molecule has 0 spiro atoms. The molecule has 2 aromatic heterocycles. The Hall–Kier alpha value is -2.10. The lowest BCUT2D eigenvalue weighted by Crippen LogP contribution is -2.07. The lowest BCUT2D eigenvalue weighted by molar-refractivity contribution is 0.231. The van der Waals surface area contributed by atoms with E-state index in [1.165, 1.54) is 0 Å². The third kappa shape index (κ3) is 2.77. The SMILES string of the molecule is COc1cc(OC(C)C)ncc1-c1ccccn1. The highest BCUT2D eigenvalue weighted by atomic mass is 16.5. The molecule has 0 N–H and O–H groups in total. The zero-order valence-electron chi connectivity index (χ0n) is 10.8. The second kappa shape index (κ2) is 5.49. The van der Waals surface area contributed by atoms with E-state index in [1.54, 1.807) is 25.6 Å².